The van der Waals surface area contributed by atoms with E-state index in [4.69, 9.17) is 5.73 Å². The van der Waals surface area contributed by atoms with E-state index in [1.807, 2.05) is 13.8 Å². The van der Waals surface area contributed by atoms with E-state index < -0.39 is 47.0 Å². The van der Waals surface area contributed by atoms with E-state index >= 15 is 4.39 Å². The average molecular weight is 539 g/mol. The summed E-state index contributed by atoms with van der Waals surface area (Å²) < 4.78 is 72.0. The Bertz CT molecular complexity index is 1390. The normalized spacial score (nSPS) is 18.0. The monoisotopic (exact) mass is 538 g/mol. The minimum absolute atomic E-state index is 0.0124. The molecule has 1 aliphatic rings. The summed E-state index contributed by atoms with van der Waals surface area (Å²) in [7, 11) is 0. The number of benzene rings is 1. The van der Waals surface area contributed by atoms with Crippen LogP contribution in [-0.4, -0.2) is 56.6 Å². The van der Waals surface area contributed by atoms with Crippen molar-refractivity contribution in [1.29, 1.82) is 0 Å². The number of rotatable bonds is 6. The van der Waals surface area contributed by atoms with E-state index in [1.54, 1.807) is 6.92 Å². The van der Waals surface area contributed by atoms with Gasteiger partial charge in [0.1, 0.15) is 23.8 Å². The van der Waals surface area contributed by atoms with Gasteiger partial charge < -0.3 is 16.0 Å². The molecule has 2 atom stereocenters. The van der Waals surface area contributed by atoms with Crippen LogP contribution >= 0.6 is 0 Å². The van der Waals surface area contributed by atoms with Gasteiger partial charge in [0.05, 0.1) is 23.8 Å². The molecule has 4 rings (SSSR count). The molecular formula is C25H27F5N6O2. The SMILES string of the molecule is CCc1c(F)cc(-c2cc(C(F)(F)F)c3c(N)ncnn23)cc1C(=O)N[C@@H]1CN(C(=O)CC(C)C)C[C@@H]1F. The third-order valence-corrected chi connectivity index (χ3v) is 6.48. The number of hydrogen-bond donors (Lipinski definition) is 2. The number of nitrogen functional groups attached to an aromatic ring is 1. The standard InChI is InChI=1S/C25H27F5N6O2/c1-4-14-15(24(38)34-19-10-35(9-18(19)27)21(37)5-12(2)3)6-13(7-17(14)26)20-8-16(25(28,29)30)22-23(31)32-11-33-36(20)22/h6-8,11-12,18-19H,4-5,9-10H2,1-3H3,(H,34,38)(H2,31,32,33)/t18-,19+/m0/s1. The largest absolute Gasteiger partial charge is 0.418 e. The zero-order valence-electron chi connectivity index (χ0n) is 20.9. The number of hydrogen-bond acceptors (Lipinski definition) is 5. The molecule has 0 radical (unpaired) electrons. The lowest BCUT2D eigenvalue weighted by Crippen LogP contribution is -2.42. The quantitative estimate of drug-likeness (QED) is 0.462. The first-order chi connectivity index (χ1) is 17.8. The van der Waals surface area contributed by atoms with Crippen LogP contribution in [0.1, 0.15) is 48.7 Å². The molecule has 0 unspecified atom stereocenters. The van der Waals surface area contributed by atoms with Crippen molar-refractivity contribution in [3.05, 3.63) is 47.0 Å². The Balaban J connectivity index is 1.71. The molecule has 1 saturated heterocycles. The van der Waals surface area contributed by atoms with Gasteiger partial charge in [0.25, 0.3) is 5.91 Å². The van der Waals surface area contributed by atoms with Gasteiger partial charge >= 0.3 is 6.18 Å². The van der Waals surface area contributed by atoms with Crippen molar-refractivity contribution < 1.29 is 31.5 Å². The maximum atomic E-state index is 15.2. The van der Waals surface area contributed by atoms with Gasteiger partial charge in [-0.1, -0.05) is 20.8 Å². The first-order valence-electron chi connectivity index (χ1n) is 12.1. The van der Waals surface area contributed by atoms with E-state index in [1.165, 1.54) is 11.0 Å². The third kappa shape index (κ3) is 5.14. The number of nitrogens with two attached hydrogens (primary N) is 1. The predicted octanol–water partition coefficient (Wildman–Crippen LogP) is 4.02. The van der Waals surface area contributed by atoms with E-state index in [-0.39, 0.29) is 60.1 Å². The highest BCUT2D eigenvalue weighted by Gasteiger charge is 2.38. The van der Waals surface area contributed by atoms with Crippen molar-refractivity contribution in [2.75, 3.05) is 18.8 Å². The lowest BCUT2D eigenvalue weighted by molar-refractivity contribution is -0.136. The first-order valence-corrected chi connectivity index (χ1v) is 12.1. The number of aromatic nitrogens is 3. The molecule has 3 heterocycles. The van der Waals surface area contributed by atoms with Crippen LogP contribution in [0.2, 0.25) is 0 Å². The molecule has 1 aromatic carbocycles. The average Bonchev–Trinajstić information content (AvgIpc) is 3.40. The van der Waals surface area contributed by atoms with Crippen LogP contribution in [0, 0.1) is 11.7 Å². The predicted molar refractivity (Wildman–Crippen MR) is 129 cm³/mol. The topological polar surface area (TPSA) is 106 Å². The maximum Gasteiger partial charge on any atom is 0.418 e. The summed E-state index contributed by atoms with van der Waals surface area (Å²) in [4.78, 5) is 30.5. The van der Waals surface area contributed by atoms with Crippen LogP contribution in [0.3, 0.4) is 0 Å². The molecular weight excluding hydrogens is 511 g/mol. The highest BCUT2D eigenvalue weighted by atomic mass is 19.4. The van der Waals surface area contributed by atoms with E-state index in [2.05, 4.69) is 15.4 Å². The summed E-state index contributed by atoms with van der Waals surface area (Å²) in [6, 6.07) is 1.99. The van der Waals surface area contributed by atoms with Crippen LogP contribution < -0.4 is 11.1 Å². The summed E-state index contributed by atoms with van der Waals surface area (Å²) in [6.07, 6.45) is -5.04. The minimum Gasteiger partial charge on any atom is -0.382 e. The maximum absolute atomic E-state index is 15.2. The Morgan fingerprint density at radius 3 is 2.55 bits per heavy atom. The fourth-order valence-electron chi connectivity index (χ4n) is 4.66. The molecule has 8 nitrogen and oxygen atoms in total. The van der Waals surface area contributed by atoms with Crippen molar-refractivity contribution in [3.8, 4) is 11.3 Å². The van der Waals surface area contributed by atoms with Crippen molar-refractivity contribution in [2.24, 2.45) is 5.92 Å². The van der Waals surface area contributed by atoms with Gasteiger partial charge in [0.2, 0.25) is 5.91 Å². The van der Waals surface area contributed by atoms with Gasteiger partial charge in [-0.05, 0) is 30.5 Å². The molecule has 0 spiro atoms. The molecule has 13 heteroatoms. The summed E-state index contributed by atoms with van der Waals surface area (Å²) in [5, 5.41) is 6.39. The summed E-state index contributed by atoms with van der Waals surface area (Å²) in [5.41, 5.74) is 3.70. The van der Waals surface area contributed by atoms with Crippen molar-refractivity contribution >= 4 is 23.1 Å². The Hall–Kier alpha value is -3.77. The van der Waals surface area contributed by atoms with Gasteiger partial charge in [-0.3, -0.25) is 9.59 Å². The lowest BCUT2D eigenvalue weighted by Gasteiger charge is -2.19. The number of amides is 2. The number of nitrogens with one attached hydrogen (secondary N) is 1. The lowest BCUT2D eigenvalue weighted by atomic mass is 9.98. The van der Waals surface area contributed by atoms with Crippen LogP contribution in [-0.2, 0) is 17.4 Å². The molecule has 1 fully saturated rings. The number of likely N-dealkylation sites (tertiary alicyclic amines) is 1. The van der Waals surface area contributed by atoms with Crippen LogP contribution in [0.15, 0.2) is 24.5 Å². The fraction of sp³-hybridized carbons (Fsp3) is 0.440. The third-order valence-electron chi connectivity index (χ3n) is 6.48. The summed E-state index contributed by atoms with van der Waals surface area (Å²) in [6.45, 7) is 5.11. The van der Waals surface area contributed by atoms with Crippen LogP contribution in [0.5, 0.6) is 0 Å². The van der Waals surface area contributed by atoms with E-state index in [9.17, 15) is 27.2 Å². The van der Waals surface area contributed by atoms with Crippen LogP contribution in [0.25, 0.3) is 16.8 Å². The number of carbonyl (C=O) groups excluding carboxylic acids is 2. The molecule has 3 aromatic rings. The second-order valence-electron chi connectivity index (χ2n) is 9.68. The van der Waals surface area contributed by atoms with Crippen molar-refractivity contribution in [3.63, 3.8) is 0 Å². The number of nitrogens with zero attached hydrogens (tertiary/aromatic N) is 4. The first kappa shape index (κ1) is 27.3. The van der Waals surface area contributed by atoms with Gasteiger partial charge in [0.15, 0.2) is 5.82 Å². The number of anilines is 1. The molecule has 3 N–H and O–H groups in total. The van der Waals surface area contributed by atoms with Gasteiger partial charge in [0, 0.05) is 29.7 Å². The van der Waals surface area contributed by atoms with Crippen molar-refractivity contribution in [1.82, 2.24) is 24.8 Å². The van der Waals surface area contributed by atoms with Gasteiger partial charge in [-0.15, -0.1) is 0 Å². The highest BCUT2D eigenvalue weighted by molar-refractivity contribution is 5.97. The van der Waals surface area contributed by atoms with Gasteiger partial charge in [-0.2, -0.15) is 18.3 Å². The molecule has 1 aliphatic heterocycles. The molecule has 2 amide bonds. The molecule has 2 aromatic heterocycles. The Kier molecular flexibility index (Phi) is 7.31. The Labute approximate surface area is 215 Å². The van der Waals surface area contributed by atoms with E-state index in [0.29, 0.717) is 0 Å². The smallest absolute Gasteiger partial charge is 0.382 e. The minimum atomic E-state index is -4.80. The second-order valence-corrected chi connectivity index (χ2v) is 9.68. The highest BCUT2D eigenvalue weighted by Crippen LogP contribution is 2.39. The molecule has 0 aliphatic carbocycles. The zero-order valence-corrected chi connectivity index (χ0v) is 20.9. The van der Waals surface area contributed by atoms with Crippen molar-refractivity contribution in [2.45, 2.75) is 52.0 Å². The molecule has 204 valence electrons. The molecule has 38 heavy (non-hydrogen) atoms. The zero-order chi connectivity index (χ0) is 27.9. The number of carbonyl (C=O) groups is 2. The number of halogens is 5. The fourth-order valence-corrected chi connectivity index (χ4v) is 4.66. The summed E-state index contributed by atoms with van der Waals surface area (Å²) >= 11 is 0. The van der Waals surface area contributed by atoms with Crippen LogP contribution in [0.4, 0.5) is 27.8 Å². The molecule has 0 bridgehead atoms. The Morgan fingerprint density at radius 1 is 1.21 bits per heavy atom. The molecule has 0 saturated carbocycles. The Morgan fingerprint density at radius 2 is 1.92 bits per heavy atom. The van der Waals surface area contributed by atoms with E-state index in [0.717, 1.165) is 23.0 Å². The number of fused-ring (bicyclic) bond motifs is 1. The number of alkyl halides is 4. The second kappa shape index (κ2) is 10.2. The summed E-state index contributed by atoms with van der Waals surface area (Å²) in [5.74, 6) is -2.20. The van der Waals surface area contributed by atoms with Gasteiger partial charge in [-0.25, -0.2) is 18.3 Å².